The molecule has 1 heterocycles. The van der Waals surface area contributed by atoms with Crippen LogP contribution in [0.1, 0.15) is 12.5 Å². The van der Waals surface area contributed by atoms with Crippen molar-refractivity contribution in [2.75, 3.05) is 32.8 Å². The van der Waals surface area contributed by atoms with Crippen molar-refractivity contribution in [3.63, 3.8) is 0 Å². The van der Waals surface area contributed by atoms with Gasteiger partial charge in [0.2, 0.25) is 0 Å². The third-order valence-corrected chi connectivity index (χ3v) is 3.54. The molecule has 0 spiro atoms. The number of nitrogens with zero attached hydrogens (tertiary/aromatic N) is 1. The van der Waals surface area contributed by atoms with Crippen molar-refractivity contribution < 1.29 is 4.74 Å². The molecule has 2 rings (SSSR count). The molecule has 1 N–H and O–H groups in total. The van der Waals surface area contributed by atoms with Crippen LogP contribution in [-0.2, 0) is 11.3 Å². The molecule has 0 bridgehead atoms. The van der Waals surface area contributed by atoms with Gasteiger partial charge in [0.15, 0.2) is 0 Å². The monoisotopic (exact) mass is 268 g/mol. The fourth-order valence-electron chi connectivity index (χ4n) is 2.17. The number of morpholine rings is 1. The van der Waals surface area contributed by atoms with Gasteiger partial charge in [-0.2, -0.15) is 0 Å². The Kier molecular flexibility index (Phi) is 5.45. The van der Waals surface area contributed by atoms with Crippen molar-refractivity contribution in [1.82, 2.24) is 10.2 Å². The minimum atomic E-state index is 0.311. The van der Waals surface area contributed by atoms with Crippen LogP contribution < -0.4 is 5.32 Å². The van der Waals surface area contributed by atoms with Crippen molar-refractivity contribution in [3.8, 4) is 0 Å². The molecule has 0 amide bonds. The second kappa shape index (κ2) is 7.10. The van der Waals surface area contributed by atoms with Crippen molar-refractivity contribution >= 4 is 11.6 Å². The number of hydrogen-bond acceptors (Lipinski definition) is 3. The van der Waals surface area contributed by atoms with Gasteiger partial charge in [-0.25, -0.2) is 0 Å². The molecule has 3 nitrogen and oxygen atoms in total. The van der Waals surface area contributed by atoms with Crippen LogP contribution in [0.5, 0.6) is 0 Å². The highest BCUT2D eigenvalue weighted by Crippen LogP contribution is 2.09. The maximum atomic E-state index is 5.85. The van der Waals surface area contributed by atoms with Crippen LogP contribution in [0.25, 0.3) is 0 Å². The van der Waals surface area contributed by atoms with E-state index >= 15 is 0 Å². The first-order valence-electron chi connectivity index (χ1n) is 6.57. The molecule has 1 unspecified atom stereocenters. The van der Waals surface area contributed by atoms with Crippen LogP contribution in [-0.4, -0.2) is 43.8 Å². The first kappa shape index (κ1) is 13.8. The number of nitrogens with one attached hydrogen (secondary N) is 1. The largest absolute Gasteiger partial charge is 0.374 e. The molecule has 1 aromatic carbocycles. The molecule has 1 aliphatic heterocycles. The summed E-state index contributed by atoms with van der Waals surface area (Å²) in [6.45, 7) is 8.01. The number of ether oxygens (including phenoxy) is 1. The van der Waals surface area contributed by atoms with Gasteiger partial charge in [-0.05, 0) is 24.2 Å². The van der Waals surface area contributed by atoms with E-state index in [4.69, 9.17) is 16.3 Å². The molecule has 4 heteroatoms. The first-order valence-corrected chi connectivity index (χ1v) is 6.95. The van der Waals surface area contributed by atoms with E-state index < -0.39 is 0 Å². The van der Waals surface area contributed by atoms with Gasteiger partial charge in [0.25, 0.3) is 0 Å². The third-order valence-electron chi connectivity index (χ3n) is 3.28. The molecular weight excluding hydrogens is 248 g/mol. The summed E-state index contributed by atoms with van der Waals surface area (Å²) < 4.78 is 5.74. The number of likely N-dealkylation sites (N-methyl/N-ethyl adjacent to an activating group) is 1. The van der Waals surface area contributed by atoms with Gasteiger partial charge < -0.3 is 10.1 Å². The fraction of sp³-hybridized carbons (Fsp3) is 0.571. The predicted molar refractivity (Wildman–Crippen MR) is 75.0 cm³/mol. The van der Waals surface area contributed by atoms with Crippen LogP contribution >= 0.6 is 11.6 Å². The number of rotatable bonds is 5. The van der Waals surface area contributed by atoms with E-state index in [1.807, 2.05) is 12.1 Å². The molecule has 1 aliphatic rings. The Hall–Kier alpha value is -0.610. The summed E-state index contributed by atoms with van der Waals surface area (Å²) in [5.74, 6) is 0. The van der Waals surface area contributed by atoms with Gasteiger partial charge in [-0.15, -0.1) is 0 Å². The smallest absolute Gasteiger partial charge is 0.0826 e. The quantitative estimate of drug-likeness (QED) is 0.886. The van der Waals surface area contributed by atoms with Gasteiger partial charge in [-0.1, -0.05) is 30.7 Å². The van der Waals surface area contributed by atoms with E-state index in [1.54, 1.807) is 0 Å². The van der Waals surface area contributed by atoms with E-state index in [0.29, 0.717) is 6.10 Å². The SMILES string of the molecule is CCN1CCOC(CNCc2ccc(Cl)cc2)C1. The average Bonchev–Trinajstić information content (AvgIpc) is 2.41. The second-order valence-corrected chi connectivity index (χ2v) is 5.08. The molecule has 1 fully saturated rings. The van der Waals surface area contributed by atoms with Crippen molar-refractivity contribution in [1.29, 1.82) is 0 Å². The third kappa shape index (κ3) is 4.25. The van der Waals surface area contributed by atoms with Gasteiger partial charge in [-0.3, -0.25) is 4.90 Å². The van der Waals surface area contributed by atoms with Gasteiger partial charge in [0.05, 0.1) is 12.7 Å². The Labute approximate surface area is 114 Å². The van der Waals surface area contributed by atoms with E-state index in [9.17, 15) is 0 Å². The van der Waals surface area contributed by atoms with E-state index in [1.165, 1.54) is 5.56 Å². The Bertz CT molecular complexity index is 355. The normalized spacial score (nSPS) is 21.1. The van der Waals surface area contributed by atoms with Gasteiger partial charge in [0, 0.05) is 31.2 Å². The molecule has 1 aromatic rings. The molecule has 0 aromatic heterocycles. The molecule has 18 heavy (non-hydrogen) atoms. The average molecular weight is 269 g/mol. The van der Waals surface area contributed by atoms with E-state index in [0.717, 1.165) is 44.4 Å². The molecule has 0 radical (unpaired) electrons. The highest BCUT2D eigenvalue weighted by Gasteiger charge is 2.18. The number of halogens is 1. The van der Waals surface area contributed by atoms with E-state index in [-0.39, 0.29) is 0 Å². The van der Waals surface area contributed by atoms with Gasteiger partial charge >= 0.3 is 0 Å². The zero-order valence-electron chi connectivity index (χ0n) is 10.9. The molecule has 1 atom stereocenters. The Morgan fingerprint density at radius 3 is 2.89 bits per heavy atom. The number of hydrogen-bond donors (Lipinski definition) is 1. The lowest BCUT2D eigenvalue weighted by molar-refractivity contribution is -0.0253. The van der Waals surface area contributed by atoms with Crippen LogP contribution in [0, 0.1) is 0 Å². The molecular formula is C14H21ClN2O. The van der Waals surface area contributed by atoms with Crippen LogP contribution in [0.4, 0.5) is 0 Å². The van der Waals surface area contributed by atoms with Crippen LogP contribution in [0.3, 0.4) is 0 Å². The first-order chi connectivity index (χ1) is 8.78. The molecule has 0 saturated carbocycles. The molecule has 1 saturated heterocycles. The van der Waals surface area contributed by atoms with Gasteiger partial charge in [0.1, 0.15) is 0 Å². The van der Waals surface area contributed by atoms with Crippen LogP contribution in [0.15, 0.2) is 24.3 Å². The lowest BCUT2D eigenvalue weighted by Gasteiger charge is -2.32. The summed E-state index contributed by atoms with van der Waals surface area (Å²) in [6, 6.07) is 7.95. The Morgan fingerprint density at radius 2 is 2.17 bits per heavy atom. The summed E-state index contributed by atoms with van der Waals surface area (Å²) in [7, 11) is 0. The predicted octanol–water partition coefficient (Wildman–Crippen LogP) is 2.15. The maximum Gasteiger partial charge on any atom is 0.0826 e. The molecule has 0 aliphatic carbocycles. The Balaban J connectivity index is 1.70. The zero-order chi connectivity index (χ0) is 12.8. The minimum absolute atomic E-state index is 0.311. The maximum absolute atomic E-state index is 5.85. The summed E-state index contributed by atoms with van der Waals surface area (Å²) >= 11 is 5.85. The van der Waals surface area contributed by atoms with Crippen molar-refractivity contribution in [2.45, 2.75) is 19.6 Å². The lowest BCUT2D eigenvalue weighted by Crippen LogP contribution is -2.46. The van der Waals surface area contributed by atoms with Crippen molar-refractivity contribution in [2.24, 2.45) is 0 Å². The highest BCUT2D eigenvalue weighted by atomic mass is 35.5. The summed E-state index contributed by atoms with van der Waals surface area (Å²) in [6.07, 6.45) is 0.311. The summed E-state index contributed by atoms with van der Waals surface area (Å²) in [4.78, 5) is 2.43. The second-order valence-electron chi connectivity index (χ2n) is 4.64. The highest BCUT2D eigenvalue weighted by molar-refractivity contribution is 6.30. The fourth-order valence-corrected chi connectivity index (χ4v) is 2.30. The van der Waals surface area contributed by atoms with Crippen LogP contribution in [0.2, 0.25) is 5.02 Å². The standard InChI is InChI=1S/C14H21ClN2O/c1-2-17-7-8-18-14(11-17)10-16-9-12-3-5-13(15)6-4-12/h3-6,14,16H,2,7-11H2,1H3. The molecule has 100 valence electrons. The summed E-state index contributed by atoms with van der Waals surface area (Å²) in [5, 5.41) is 4.23. The van der Waals surface area contributed by atoms with Crippen molar-refractivity contribution in [3.05, 3.63) is 34.9 Å². The zero-order valence-corrected chi connectivity index (χ0v) is 11.6. The lowest BCUT2D eigenvalue weighted by atomic mass is 10.2. The summed E-state index contributed by atoms with van der Waals surface area (Å²) in [5.41, 5.74) is 1.25. The topological polar surface area (TPSA) is 24.5 Å². The van der Waals surface area contributed by atoms with E-state index in [2.05, 4.69) is 29.3 Å². The number of benzene rings is 1. The Morgan fingerprint density at radius 1 is 1.39 bits per heavy atom. The minimum Gasteiger partial charge on any atom is -0.374 e.